The van der Waals surface area contributed by atoms with Crippen LogP contribution in [0.5, 0.6) is 0 Å². The average Bonchev–Trinajstić information content (AvgIpc) is 2.42. The zero-order valence-corrected chi connectivity index (χ0v) is 12.8. The van der Waals surface area contributed by atoms with Crippen LogP contribution in [0.2, 0.25) is 5.02 Å². The van der Waals surface area contributed by atoms with Crippen molar-refractivity contribution in [3.8, 4) is 0 Å². The van der Waals surface area contributed by atoms with Gasteiger partial charge in [0.15, 0.2) is 0 Å². The number of halogens is 2. The second-order valence-electron chi connectivity index (χ2n) is 5.86. The van der Waals surface area contributed by atoms with Crippen molar-refractivity contribution in [2.24, 2.45) is 0 Å². The van der Waals surface area contributed by atoms with Crippen LogP contribution >= 0.6 is 11.6 Å². The Morgan fingerprint density at radius 1 is 1.14 bits per heavy atom. The zero-order valence-electron chi connectivity index (χ0n) is 12.0. The van der Waals surface area contributed by atoms with Crippen molar-refractivity contribution >= 4 is 11.6 Å². The Balaban J connectivity index is 1.55. The monoisotopic (exact) mass is 303 g/mol. The quantitative estimate of drug-likeness (QED) is 0.831. The summed E-state index contributed by atoms with van der Waals surface area (Å²) in [6.45, 7) is 2.15. The zero-order chi connectivity index (χ0) is 14.8. The molecular formula is C18H19ClFN. The first kappa shape index (κ1) is 14.6. The second kappa shape index (κ2) is 6.17. The van der Waals surface area contributed by atoms with Gasteiger partial charge in [-0.25, -0.2) is 4.39 Å². The second-order valence-corrected chi connectivity index (χ2v) is 6.30. The molecule has 1 aliphatic carbocycles. The first-order chi connectivity index (χ1) is 10.1. The maximum atomic E-state index is 13.2. The van der Waals surface area contributed by atoms with E-state index in [4.69, 9.17) is 11.6 Å². The Kier molecular flexibility index (Phi) is 4.27. The fourth-order valence-corrected chi connectivity index (χ4v) is 3.21. The van der Waals surface area contributed by atoms with Crippen molar-refractivity contribution < 1.29 is 4.39 Å². The molecule has 0 heterocycles. The van der Waals surface area contributed by atoms with Gasteiger partial charge in [0.2, 0.25) is 0 Å². The summed E-state index contributed by atoms with van der Waals surface area (Å²) in [5.74, 6) is 0.334. The fraction of sp³-hybridized carbons (Fsp3) is 0.333. The number of nitrogens with one attached hydrogen (secondary N) is 1. The van der Waals surface area contributed by atoms with Gasteiger partial charge in [0.05, 0.1) is 0 Å². The van der Waals surface area contributed by atoms with Gasteiger partial charge in [-0.3, -0.25) is 0 Å². The van der Waals surface area contributed by atoms with Crippen LogP contribution in [0.4, 0.5) is 4.39 Å². The van der Waals surface area contributed by atoms with Crippen molar-refractivity contribution in [2.75, 3.05) is 0 Å². The van der Waals surface area contributed by atoms with Crippen LogP contribution < -0.4 is 5.32 Å². The Labute approximate surface area is 130 Å². The van der Waals surface area contributed by atoms with Crippen LogP contribution in [-0.4, -0.2) is 6.04 Å². The molecular weight excluding hydrogens is 285 g/mol. The molecule has 0 aliphatic heterocycles. The van der Waals surface area contributed by atoms with E-state index >= 15 is 0 Å². The summed E-state index contributed by atoms with van der Waals surface area (Å²) in [5, 5.41) is 4.39. The Bertz CT molecular complexity index is 622. The number of rotatable bonds is 4. The lowest BCUT2D eigenvalue weighted by Gasteiger charge is -2.38. The highest BCUT2D eigenvalue weighted by Crippen LogP contribution is 2.38. The van der Waals surface area contributed by atoms with Gasteiger partial charge in [0.25, 0.3) is 0 Å². The van der Waals surface area contributed by atoms with E-state index in [0.29, 0.717) is 12.0 Å². The van der Waals surface area contributed by atoms with E-state index in [0.717, 1.165) is 23.4 Å². The van der Waals surface area contributed by atoms with Crippen LogP contribution in [0.25, 0.3) is 0 Å². The van der Waals surface area contributed by atoms with Gasteiger partial charge in [-0.15, -0.1) is 0 Å². The molecule has 3 rings (SSSR count). The minimum absolute atomic E-state index is 0.142. The summed E-state index contributed by atoms with van der Waals surface area (Å²) < 4.78 is 13.2. The smallest absolute Gasteiger partial charge is 0.123 e. The third-order valence-corrected chi connectivity index (χ3v) is 4.53. The van der Waals surface area contributed by atoms with E-state index in [1.165, 1.54) is 11.6 Å². The van der Waals surface area contributed by atoms with Gasteiger partial charge in [-0.05, 0) is 61.1 Å². The summed E-state index contributed by atoms with van der Waals surface area (Å²) >= 11 is 6.03. The third-order valence-electron chi connectivity index (χ3n) is 4.29. The molecule has 110 valence electrons. The van der Waals surface area contributed by atoms with E-state index in [9.17, 15) is 4.39 Å². The number of hydrogen-bond donors (Lipinski definition) is 1. The fourth-order valence-electron chi connectivity index (χ4n) is 3.01. The molecule has 0 spiro atoms. The van der Waals surface area contributed by atoms with Crippen LogP contribution in [0.3, 0.4) is 0 Å². The van der Waals surface area contributed by atoms with Crippen LogP contribution in [0.15, 0.2) is 48.5 Å². The summed E-state index contributed by atoms with van der Waals surface area (Å²) in [7, 11) is 0. The Hall–Kier alpha value is -1.38. The minimum Gasteiger partial charge on any atom is -0.307 e. The summed E-state index contributed by atoms with van der Waals surface area (Å²) in [6.07, 6.45) is 2.13. The molecule has 1 atom stereocenters. The lowest BCUT2D eigenvalue weighted by atomic mass is 9.75. The molecule has 0 radical (unpaired) electrons. The standard InChI is InChI=1S/C18H19ClFN/c1-12(13-4-2-6-16(19)8-13)21-18-10-15(11-18)14-5-3-7-17(20)9-14/h2-9,12,15,18,21H,10-11H2,1H3/t12-,15?,18?/m1/s1. The molecule has 1 N–H and O–H groups in total. The van der Waals surface area contributed by atoms with Gasteiger partial charge < -0.3 is 5.32 Å². The number of hydrogen-bond acceptors (Lipinski definition) is 1. The molecule has 3 heteroatoms. The van der Waals surface area contributed by atoms with Crippen LogP contribution in [0.1, 0.15) is 42.9 Å². The predicted molar refractivity (Wildman–Crippen MR) is 85.2 cm³/mol. The van der Waals surface area contributed by atoms with Gasteiger partial charge in [0, 0.05) is 17.1 Å². The predicted octanol–water partition coefficient (Wildman–Crippen LogP) is 5.08. The maximum absolute atomic E-state index is 13.2. The van der Waals surface area contributed by atoms with E-state index in [1.54, 1.807) is 12.1 Å². The molecule has 0 amide bonds. The lowest BCUT2D eigenvalue weighted by Crippen LogP contribution is -2.41. The molecule has 0 unspecified atom stereocenters. The van der Waals surface area contributed by atoms with Crippen LogP contribution in [-0.2, 0) is 0 Å². The SMILES string of the molecule is C[C@@H](NC1CC(c2cccc(F)c2)C1)c1cccc(Cl)c1. The summed E-state index contributed by atoms with van der Waals surface area (Å²) in [4.78, 5) is 0. The van der Waals surface area contributed by atoms with E-state index in [2.05, 4.69) is 18.3 Å². The van der Waals surface area contributed by atoms with Crippen molar-refractivity contribution in [2.45, 2.75) is 37.8 Å². The van der Waals surface area contributed by atoms with E-state index in [-0.39, 0.29) is 11.9 Å². The molecule has 2 aromatic rings. The minimum atomic E-state index is -0.142. The van der Waals surface area contributed by atoms with Gasteiger partial charge in [-0.2, -0.15) is 0 Å². The first-order valence-corrected chi connectivity index (χ1v) is 7.76. The van der Waals surface area contributed by atoms with Crippen molar-refractivity contribution in [1.29, 1.82) is 0 Å². The average molecular weight is 304 g/mol. The molecule has 1 saturated carbocycles. The lowest BCUT2D eigenvalue weighted by molar-refractivity contribution is 0.270. The summed E-state index contributed by atoms with van der Waals surface area (Å²) in [5.41, 5.74) is 2.32. The van der Waals surface area contributed by atoms with Gasteiger partial charge in [-0.1, -0.05) is 35.9 Å². The Morgan fingerprint density at radius 2 is 1.90 bits per heavy atom. The molecule has 0 aromatic heterocycles. The normalized spacial score (nSPS) is 22.6. The van der Waals surface area contributed by atoms with E-state index < -0.39 is 0 Å². The molecule has 0 saturated heterocycles. The van der Waals surface area contributed by atoms with E-state index in [1.807, 2.05) is 24.3 Å². The highest BCUT2D eigenvalue weighted by Gasteiger charge is 2.31. The maximum Gasteiger partial charge on any atom is 0.123 e. The third kappa shape index (κ3) is 3.45. The summed E-state index contributed by atoms with van der Waals surface area (Å²) in [6, 6.07) is 15.7. The molecule has 21 heavy (non-hydrogen) atoms. The first-order valence-electron chi connectivity index (χ1n) is 7.39. The van der Waals surface area contributed by atoms with Crippen molar-refractivity contribution in [3.05, 3.63) is 70.5 Å². The van der Waals surface area contributed by atoms with Crippen molar-refractivity contribution in [1.82, 2.24) is 5.32 Å². The highest BCUT2D eigenvalue weighted by molar-refractivity contribution is 6.30. The molecule has 0 bridgehead atoms. The molecule has 2 aromatic carbocycles. The molecule has 1 nitrogen and oxygen atoms in total. The molecule has 1 aliphatic rings. The largest absolute Gasteiger partial charge is 0.307 e. The highest BCUT2D eigenvalue weighted by atomic mass is 35.5. The van der Waals surface area contributed by atoms with Crippen LogP contribution in [0, 0.1) is 5.82 Å². The number of benzene rings is 2. The van der Waals surface area contributed by atoms with Gasteiger partial charge >= 0.3 is 0 Å². The topological polar surface area (TPSA) is 12.0 Å². The Morgan fingerprint density at radius 3 is 2.62 bits per heavy atom. The van der Waals surface area contributed by atoms with Crippen molar-refractivity contribution in [3.63, 3.8) is 0 Å². The van der Waals surface area contributed by atoms with Gasteiger partial charge in [0.1, 0.15) is 5.82 Å². The molecule has 1 fully saturated rings.